The Labute approximate surface area is 133 Å². The molecule has 0 spiro atoms. The Morgan fingerprint density at radius 3 is 2.43 bits per heavy atom. The van der Waals surface area contributed by atoms with E-state index in [1.807, 2.05) is 42.5 Å². The number of benzene rings is 1. The van der Waals surface area contributed by atoms with E-state index >= 15 is 0 Å². The van der Waals surface area contributed by atoms with Crippen molar-refractivity contribution in [3.05, 3.63) is 66.0 Å². The molecule has 2 rings (SSSR count). The topological polar surface area (TPSA) is 59.1 Å². The molecule has 0 saturated carbocycles. The number of hydrogen-bond donors (Lipinski definition) is 1. The smallest absolute Gasteiger partial charge is 0.211 e. The van der Waals surface area contributed by atoms with Crippen LogP contribution in [0.2, 0.25) is 0 Å². The molecule has 0 aliphatic carbocycles. The summed E-state index contributed by atoms with van der Waals surface area (Å²) in [6, 6.07) is 13.4. The maximum absolute atomic E-state index is 12.0. The molecule has 2 aromatic rings. The van der Waals surface area contributed by atoms with Gasteiger partial charge in [-0.1, -0.05) is 46.3 Å². The van der Waals surface area contributed by atoms with Gasteiger partial charge in [0.1, 0.15) is 0 Å². The summed E-state index contributed by atoms with van der Waals surface area (Å²) in [5.41, 5.74) is 2.02. The second kappa shape index (κ2) is 7.68. The molecule has 0 radical (unpaired) electrons. The van der Waals surface area contributed by atoms with E-state index in [4.69, 9.17) is 0 Å². The van der Waals surface area contributed by atoms with Crippen molar-refractivity contribution >= 4 is 26.0 Å². The van der Waals surface area contributed by atoms with Crippen LogP contribution in [0.25, 0.3) is 0 Å². The van der Waals surface area contributed by atoms with Crippen LogP contribution >= 0.6 is 15.9 Å². The molecule has 1 heterocycles. The minimum atomic E-state index is -3.28. The molecule has 112 valence electrons. The van der Waals surface area contributed by atoms with Crippen LogP contribution in [-0.2, 0) is 16.4 Å². The third kappa shape index (κ3) is 5.57. The van der Waals surface area contributed by atoms with E-state index in [9.17, 15) is 8.42 Å². The zero-order chi connectivity index (χ0) is 15.1. The molecule has 0 fully saturated rings. The molecule has 1 atom stereocenters. The van der Waals surface area contributed by atoms with Crippen molar-refractivity contribution < 1.29 is 8.42 Å². The molecule has 0 aliphatic heterocycles. The van der Waals surface area contributed by atoms with Gasteiger partial charge in [-0.05, 0) is 29.7 Å². The van der Waals surface area contributed by atoms with Crippen molar-refractivity contribution in [1.82, 2.24) is 9.71 Å². The number of alkyl halides is 1. The molecule has 1 aromatic carbocycles. The average molecular weight is 369 g/mol. The monoisotopic (exact) mass is 368 g/mol. The number of aromatic nitrogens is 1. The summed E-state index contributed by atoms with van der Waals surface area (Å²) in [6.07, 6.45) is 3.81. The van der Waals surface area contributed by atoms with Crippen LogP contribution in [0.4, 0.5) is 0 Å². The zero-order valence-corrected chi connectivity index (χ0v) is 13.8. The largest absolute Gasteiger partial charge is 0.265 e. The van der Waals surface area contributed by atoms with Crippen molar-refractivity contribution in [3.8, 4) is 0 Å². The zero-order valence-electron chi connectivity index (χ0n) is 11.4. The Bertz CT molecular complexity index is 648. The summed E-state index contributed by atoms with van der Waals surface area (Å²) in [5.74, 6) is 0.0749. The lowest BCUT2D eigenvalue weighted by Gasteiger charge is -2.12. The minimum absolute atomic E-state index is 0.0330. The number of halogens is 1. The fraction of sp³-hybridized carbons (Fsp3) is 0.267. The average Bonchev–Trinajstić information content (AvgIpc) is 2.53. The first-order valence-electron chi connectivity index (χ1n) is 6.62. The first-order valence-corrected chi connectivity index (χ1v) is 9.19. The highest BCUT2D eigenvalue weighted by Crippen LogP contribution is 2.21. The fourth-order valence-electron chi connectivity index (χ4n) is 1.85. The summed E-state index contributed by atoms with van der Waals surface area (Å²) in [7, 11) is -3.28. The lowest BCUT2D eigenvalue weighted by molar-refractivity contribution is 0.580. The van der Waals surface area contributed by atoms with E-state index in [2.05, 4.69) is 25.6 Å². The van der Waals surface area contributed by atoms with Gasteiger partial charge in [-0.3, -0.25) is 4.98 Å². The van der Waals surface area contributed by atoms with Gasteiger partial charge in [0.25, 0.3) is 0 Å². The van der Waals surface area contributed by atoms with E-state index < -0.39 is 10.0 Å². The number of nitrogens with one attached hydrogen (secondary N) is 1. The molecule has 0 bridgehead atoms. The van der Waals surface area contributed by atoms with Crippen LogP contribution in [0.15, 0.2) is 54.9 Å². The van der Waals surface area contributed by atoms with Crippen molar-refractivity contribution in [3.63, 3.8) is 0 Å². The van der Waals surface area contributed by atoms with Gasteiger partial charge in [0.2, 0.25) is 10.0 Å². The standard InChI is InChI=1S/C15H17BrN2O2S/c16-15(14-4-2-1-3-5-14)12-18-21(19,20)11-8-13-6-9-17-10-7-13/h1-7,9-10,15,18H,8,11-12H2. The molecule has 21 heavy (non-hydrogen) atoms. The maximum atomic E-state index is 12.0. The summed E-state index contributed by atoms with van der Waals surface area (Å²) < 4.78 is 26.6. The molecule has 0 saturated heterocycles. The lowest BCUT2D eigenvalue weighted by Crippen LogP contribution is -2.30. The molecule has 6 heteroatoms. The van der Waals surface area contributed by atoms with E-state index in [1.165, 1.54) is 0 Å². The van der Waals surface area contributed by atoms with Crippen LogP contribution in [0.5, 0.6) is 0 Å². The Hall–Kier alpha value is -1.24. The van der Waals surface area contributed by atoms with Crippen molar-refractivity contribution in [2.45, 2.75) is 11.2 Å². The molecular weight excluding hydrogens is 352 g/mol. The maximum Gasteiger partial charge on any atom is 0.211 e. The van der Waals surface area contributed by atoms with Gasteiger partial charge in [0.05, 0.1) is 10.6 Å². The Kier molecular flexibility index (Phi) is 5.90. The van der Waals surface area contributed by atoms with Gasteiger partial charge in [-0.25, -0.2) is 13.1 Å². The Morgan fingerprint density at radius 2 is 1.76 bits per heavy atom. The number of hydrogen-bond acceptors (Lipinski definition) is 3. The summed E-state index contributed by atoms with van der Waals surface area (Å²) >= 11 is 3.50. The third-order valence-corrected chi connectivity index (χ3v) is 5.25. The summed E-state index contributed by atoms with van der Waals surface area (Å²) in [5, 5.41) is 0. The van der Waals surface area contributed by atoms with Crippen molar-refractivity contribution in [2.75, 3.05) is 12.3 Å². The number of nitrogens with zero attached hydrogens (tertiary/aromatic N) is 1. The molecule has 4 nitrogen and oxygen atoms in total. The van der Waals surface area contributed by atoms with Crippen LogP contribution < -0.4 is 4.72 Å². The SMILES string of the molecule is O=S(=O)(CCc1ccncc1)NCC(Br)c1ccccc1. The molecule has 0 aliphatic rings. The Balaban J connectivity index is 1.84. The minimum Gasteiger partial charge on any atom is -0.265 e. The van der Waals surface area contributed by atoms with Gasteiger partial charge in [0.15, 0.2) is 0 Å². The van der Waals surface area contributed by atoms with E-state index in [0.717, 1.165) is 11.1 Å². The second-order valence-corrected chi connectivity index (χ2v) is 7.68. The van der Waals surface area contributed by atoms with Gasteiger partial charge >= 0.3 is 0 Å². The van der Waals surface area contributed by atoms with Gasteiger partial charge in [0, 0.05) is 18.9 Å². The van der Waals surface area contributed by atoms with E-state index in [-0.39, 0.29) is 10.6 Å². The summed E-state index contributed by atoms with van der Waals surface area (Å²) in [4.78, 5) is 3.88. The highest BCUT2D eigenvalue weighted by molar-refractivity contribution is 9.09. The van der Waals surface area contributed by atoms with Crippen LogP contribution in [-0.4, -0.2) is 25.7 Å². The Morgan fingerprint density at radius 1 is 1.10 bits per heavy atom. The van der Waals surface area contributed by atoms with Gasteiger partial charge < -0.3 is 0 Å². The van der Waals surface area contributed by atoms with Gasteiger partial charge in [-0.15, -0.1) is 0 Å². The van der Waals surface area contributed by atoms with Crippen molar-refractivity contribution in [1.29, 1.82) is 0 Å². The number of pyridine rings is 1. The molecular formula is C15H17BrN2O2S. The predicted molar refractivity (Wildman–Crippen MR) is 87.8 cm³/mol. The molecule has 1 aromatic heterocycles. The molecule has 1 unspecified atom stereocenters. The second-order valence-electron chi connectivity index (χ2n) is 4.65. The third-order valence-electron chi connectivity index (χ3n) is 3.05. The first-order chi connectivity index (χ1) is 10.1. The van der Waals surface area contributed by atoms with Crippen LogP contribution in [0.1, 0.15) is 16.0 Å². The molecule has 0 amide bonds. The van der Waals surface area contributed by atoms with Crippen molar-refractivity contribution in [2.24, 2.45) is 0 Å². The number of sulfonamides is 1. The molecule has 1 N–H and O–H groups in total. The van der Waals surface area contributed by atoms with Crippen LogP contribution in [0, 0.1) is 0 Å². The summed E-state index contributed by atoms with van der Waals surface area (Å²) in [6.45, 7) is 0.336. The number of rotatable bonds is 7. The first kappa shape index (κ1) is 16.1. The van der Waals surface area contributed by atoms with Gasteiger partial charge in [-0.2, -0.15) is 0 Å². The van der Waals surface area contributed by atoms with E-state index in [1.54, 1.807) is 12.4 Å². The predicted octanol–water partition coefficient (Wildman–Crippen LogP) is 2.68. The van der Waals surface area contributed by atoms with E-state index in [0.29, 0.717) is 13.0 Å². The fourth-order valence-corrected chi connectivity index (χ4v) is 3.60. The highest BCUT2D eigenvalue weighted by atomic mass is 79.9. The normalized spacial score (nSPS) is 13.0. The number of aryl methyl sites for hydroxylation is 1. The highest BCUT2D eigenvalue weighted by Gasteiger charge is 2.14. The quantitative estimate of drug-likeness (QED) is 0.764. The van der Waals surface area contributed by atoms with Crippen LogP contribution in [0.3, 0.4) is 0 Å². The lowest BCUT2D eigenvalue weighted by atomic mass is 10.2.